The Morgan fingerprint density at radius 2 is 2.38 bits per heavy atom. The quantitative estimate of drug-likeness (QED) is 0.768. The minimum Gasteiger partial charge on any atom is -0.465 e. The van der Waals surface area contributed by atoms with Crippen LogP contribution in [0.3, 0.4) is 0 Å². The van der Waals surface area contributed by atoms with Crippen molar-refractivity contribution in [3.8, 4) is 0 Å². The van der Waals surface area contributed by atoms with E-state index in [1.807, 2.05) is 19.2 Å². The molecule has 0 fully saturated rings. The Morgan fingerprint density at radius 1 is 1.62 bits per heavy atom. The van der Waals surface area contributed by atoms with Gasteiger partial charge in [-0.05, 0) is 31.2 Å². The fourth-order valence-electron chi connectivity index (χ4n) is 1.18. The van der Waals surface area contributed by atoms with Crippen LogP contribution < -0.4 is 5.32 Å². The second kappa shape index (κ2) is 4.87. The second-order valence-electron chi connectivity index (χ2n) is 3.42. The van der Waals surface area contributed by atoms with Crippen molar-refractivity contribution in [2.75, 3.05) is 13.6 Å². The maximum atomic E-state index is 5.26. The molecule has 0 spiro atoms. The molecule has 0 aliphatic heterocycles. The van der Waals surface area contributed by atoms with Crippen molar-refractivity contribution < 1.29 is 4.42 Å². The topological polar surface area (TPSA) is 25.2 Å². The van der Waals surface area contributed by atoms with Crippen LogP contribution in [0.1, 0.15) is 19.6 Å². The Hall–Kier alpha value is -1.02. The van der Waals surface area contributed by atoms with Gasteiger partial charge in [-0.1, -0.05) is 19.4 Å². The molecule has 0 unspecified atom stereocenters. The highest BCUT2D eigenvalue weighted by atomic mass is 16.3. The second-order valence-corrected chi connectivity index (χ2v) is 3.42. The molecule has 1 heterocycles. The molecule has 2 nitrogen and oxygen atoms in total. The van der Waals surface area contributed by atoms with Crippen LogP contribution in [-0.2, 0) is 0 Å². The van der Waals surface area contributed by atoms with Crippen molar-refractivity contribution in [1.82, 2.24) is 5.32 Å². The molecule has 0 amide bonds. The van der Waals surface area contributed by atoms with Crippen molar-refractivity contribution >= 4 is 6.08 Å². The maximum absolute atomic E-state index is 5.26. The van der Waals surface area contributed by atoms with Gasteiger partial charge in [-0.2, -0.15) is 0 Å². The van der Waals surface area contributed by atoms with Crippen molar-refractivity contribution in [2.45, 2.75) is 13.8 Å². The summed E-state index contributed by atoms with van der Waals surface area (Å²) in [6.45, 7) is 5.29. The van der Waals surface area contributed by atoms with Crippen LogP contribution in [-0.4, -0.2) is 13.6 Å². The monoisotopic (exact) mass is 179 g/mol. The summed E-state index contributed by atoms with van der Waals surface area (Å²) in [6, 6.07) is 3.88. The molecule has 1 aromatic rings. The van der Waals surface area contributed by atoms with Crippen molar-refractivity contribution in [3.05, 3.63) is 29.7 Å². The largest absolute Gasteiger partial charge is 0.465 e. The van der Waals surface area contributed by atoms with E-state index >= 15 is 0 Å². The van der Waals surface area contributed by atoms with Crippen molar-refractivity contribution in [3.63, 3.8) is 0 Å². The van der Waals surface area contributed by atoms with Gasteiger partial charge in [0.1, 0.15) is 5.76 Å². The first-order chi connectivity index (χ1) is 6.24. The van der Waals surface area contributed by atoms with E-state index in [1.165, 1.54) is 5.57 Å². The molecule has 0 aliphatic carbocycles. The van der Waals surface area contributed by atoms with Crippen LogP contribution in [0, 0.1) is 5.92 Å². The first-order valence-corrected chi connectivity index (χ1v) is 4.62. The standard InChI is InChI=1S/C11H17NO/c1-9(2)10(8-12-3)7-11-5-4-6-13-11/h4-7,9,12H,8H2,1-3H3. The van der Waals surface area contributed by atoms with Gasteiger partial charge in [0.05, 0.1) is 6.26 Å². The molecule has 1 rings (SSSR count). The summed E-state index contributed by atoms with van der Waals surface area (Å²) in [5, 5.41) is 3.15. The lowest BCUT2D eigenvalue weighted by molar-refractivity contribution is 0.555. The number of nitrogens with one attached hydrogen (secondary N) is 1. The highest BCUT2D eigenvalue weighted by Crippen LogP contribution is 2.13. The predicted octanol–water partition coefficient (Wildman–Crippen LogP) is 2.54. The Labute approximate surface area is 79.6 Å². The van der Waals surface area contributed by atoms with E-state index < -0.39 is 0 Å². The van der Waals surface area contributed by atoms with E-state index in [9.17, 15) is 0 Å². The minimum atomic E-state index is 0.553. The molecule has 0 saturated heterocycles. The molecule has 13 heavy (non-hydrogen) atoms. The van der Waals surface area contributed by atoms with Crippen LogP contribution in [0.2, 0.25) is 0 Å². The van der Waals surface area contributed by atoms with Gasteiger partial charge in [0.15, 0.2) is 0 Å². The Morgan fingerprint density at radius 3 is 2.85 bits per heavy atom. The van der Waals surface area contributed by atoms with Crippen LogP contribution in [0.5, 0.6) is 0 Å². The van der Waals surface area contributed by atoms with Crippen LogP contribution in [0.4, 0.5) is 0 Å². The molecular weight excluding hydrogens is 162 g/mol. The molecule has 0 saturated carbocycles. The van der Waals surface area contributed by atoms with Crippen molar-refractivity contribution in [2.24, 2.45) is 5.92 Å². The number of rotatable bonds is 4. The molecule has 0 aliphatic rings. The average Bonchev–Trinajstić information content (AvgIpc) is 2.56. The number of hydrogen-bond acceptors (Lipinski definition) is 2. The lowest BCUT2D eigenvalue weighted by Crippen LogP contribution is -2.13. The third kappa shape index (κ3) is 3.07. The Bertz CT molecular complexity index is 260. The third-order valence-corrected chi connectivity index (χ3v) is 1.99. The molecule has 1 N–H and O–H groups in total. The molecule has 0 atom stereocenters. The van der Waals surface area contributed by atoms with E-state index in [4.69, 9.17) is 4.42 Å². The first kappa shape index (κ1) is 10.1. The molecule has 0 radical (unpaired) electrons. The zero-order valence-electron chi connectivity index (χ0n) is 8.50. The number of likely N-dealkylation sites (N-methyl/N-ethyl adjacent to an activating group) is 1. The number of hydrogen-bond donors (Lipinski definition) is 1. The summed E-state index contributed by atoms with van der Waals surface area (Å²) in [5.74, 6) is 1.48. The van der Waals surface area contributed by atoms with Gasteiger partial charge < -0.3 is 9.73 Å². The SMILES string of the molecule is CNCC(=Cc1ccco1)C(C)C. The van der Waals surface area contributed by atoms with E-state index in [1.54, 1.807) is 6.26 Å². The van der Waals surface area contributed by atoms with Gasteiger partial charge in [-0.25, -0.2) is 0 Å². The summed E-state index contributed by atoms with van der Waals surface area (Å²) in [7, 11) is 1.96. The summed E-state index contributed by atoms with van der Waals surface area (Å²) >= 11 is 0. The smallest absolute Gasteiger partial charge is 0.126 e. The molecule has 0 aromatic carbocycles. The van der Waals surface area contributed by atoms with Gasteiger partial charge >= 0.3 is 0 Å². The van der Waals surface area contributed by atoms with E-state index in [2.05, 4.69) is 25.2 Å². The normalized spacial score (nSPS) is 12.5. The van der Waals surface area contributed by atoms with Gasteiger partial charge in [0, 0.05) is 6.54 Å². The highest BCUT2D eigenvalue weighted by molar-refractivity contribution is 5.48. The number of furan rings is 1. The van der Waals surface area contributed by atoms with E-state index in [-0.39, 0.29) is 0 Å². The van der Waals surface area contributed by atoms with Gasteiger partial charge in [-0.15, -0.1) is 0 Å². The molecule has 1 aromatic heterocycles. The fourth-order valence-corrected chi connectivity index (χ4v) is 1.18. The summed E-state index contributed by atoms with van der Waals surface area (Å²) in [4.78, 5) is 0. The van der Waals surface area contributed by atoms with E-state index in [0.717, 1.165) is 12.3 Å². The predicted molar refractivity (Wildman–Crippen MR) is 55.4 cm³/mol. The lowest BCUT2D eigenvalue weighted by atomic mass is 10.0. The molecule has 2 heteroatoms. The van der Waals surface area contributed by atoms with Crippen molar-refractivity contribution in [1.29, 1.82) is 0 Å². The summed E-state index contributed by atoms with van der Waals surface area (Å²) < 4.78 is 5.26. The van der Waals surface area contributed by atoms with Gasteiger partial charge in [0.25, 0.3) is 0 Å². The average molecular weight is 179 g/mol. The highest BCUT2D eigenvalue weighted by Gasteiger charge is 2.02. The Kier molecular flexibility index (Phi) is 3.77. The van der Waals surface area contributed by atoms with Gasteiger partial charge in [0.2, 0.25) is 0 Å². The van der Waals surface area contributed by atoms with E-state index in [0.29, 0.717) is 5.92 Å². The van der Waals surface area contributed by atoms with Gasteiger partial charge in [-0.3, -0.25) is 0 Å². The molecular formula is C11H17NO. The van der Waals surface area contributed by atoms with Crippen LogP contribution >= 0.6 is 0 Å². The Balaban J connectivity index is 2.74. The molecule has 72 valence electrons. The molecule has 0 bridgehead atoms. The fraction of sp³-hybridized carbons (Fsp3) is 0.455. The summed E-state index contributed by atoms with van der Waals surface area (Å²) in [5.41, 5.74) is 1.36. The lowest BCUT2D eigenvalue weighted by Gasteiger charge is -2.09. The zero-order chi connectivity index (χ0) is 9.68. The van der Waals surface area contributed by atoms with Crippen LogP contribution in [0.25, 0.3) is 6.08 Å². The maximum Gasteiger partial charge on any atom is 0.126 e. The third-order valence-electron chi connectivity index (χ3n) is 1.99. The first-order valence-electron chi connectivity index (χ1n) is 4.62. The summed E-state index contributed by atoms with van der Waals surface area (Å²) in [6.07, 6.45) is 3.80. The zero-order valence-corrected chi connectivity index (χ0v) is 8.50. The minimum absolute atomic E-state index is 0.553. The van der Waals surface area contributed by atoms with Crippen LogP contribution in [0.15, 0.2) is 28.4 Å².